The van der Waals surface area contributed by atoms with Crippen molar-refractivity contribution in [2.24, 2.45) is 5.73 Å². The van der Waals surface area contributed by atoms with E-state index in [1.807, 2.05) is 12.1 Å². The highest BCUT2D eigenvalue weighted by Gasteiger charge is 2.38. The number of amides is 1. The number of nitrogens with zero attached hydrogens (tertiary/aromatic N) is 3. The Labute approximate surface area is 218 Å². The third-order valence-corrected chi connectivity index (χ3v) is 7.17. The molecule has 5 rings (SSSR count). The number of aromatic amines is 1. The van der Waals surface area contributed by atoms with Gasteiger partial charge in [0.05, 0.1) is 41.1 Å². The van der Waals surface area contributed by atoms with Gasteiger partial charge in [-0.05, 0) is 44.0 Å². The lowest BCUT2D eigenvalue weighted by Gasteiger charge is -2.25. The number of carboxylic acids is 1. The fourth-order valence-corrected chi connectivity index (χ4v) is 5.27. The zero-order valence-corrected chi connectivity index (χ0v) is 21.0. The van der Waals surface area contributed by atoms with E-state index in [2.05, 4.69) is 19.9 Å². The lowest BCUT2D eigenvalue weighted by atomic mass is 9.88. The second kappa shape index (κ2) is 10.6. The summed E-state index contributed by atoms with van der Waals surface area (Å²) in [7, 11) is 0. The van der Waals surface area contributed by atoms with Crippen LogP contribution < -0.4 is 11.1 Å². The molecule has 0 spiro atoms. The smallest absolute Gasteiger partial charge is 0.327 e. The number of H-pyrrole nitrogens is 1. The first-order valence-corrected chi connectivity index (χ1v) is 12.7. The summed E-state index contributed by atoms with van der Waals surface area (Å²) in [6.45, 7) is 1.47. The fourth-order valence-electron chi connectivity index (χ4n) is 5.27. The van der Waals surface area contributed by atoms with Crippen molar-refractivity contribution in [3.8, 4) is 11.4 Å². The zero-order chi connectivity index (χ0) is 26.8. The average molecular weight is 519 g/mol. The molecule has 5 N–H and O–H groups in total. The van der Waals surface area contributed by atoms with Crippen LogP contribution in [0.5, 0.6) is 0 Å². The van der Waals surface area contributed by atoms with Crippen LogP contribution in [0, 0.1) is 0 Å². The maximum Gasteiger partial charge on any atom is 0.327 e. The maximum absolute atomic E-state index is 13.3. The number of carbonyl (C=O) groups is 3. The van der Waals surface area contributed by atoms with E-state index in [1.165, 1.54) is 25.9 Å². The van der Waals surface area contributed by atoms with Crippen LogP contribution in [0.1, 0.15) is 67.0 Å². The van der Waals surface area contributed by atoms with E-state index in [-0.39, 0.29) is 17.3 Å². The van der Waals surface area contributed by atoms with Crippen LogP contribution in [0.25, 0.3) is 22.4 Å². The van der Waals surface area contributed by atoms with Crippen LogP contribution in [0.2, 0.25) is 0 Å². The Hall–Kier alpha value is -4.25. The molecule has 1 aliphatic rings. The predicted molar refractivity (Wildman–Crippen MR) is 138 cm³/mol. The van der Waals surface area contributed by atoms with Gasteiger partial charge in [0.25, 0.3) is 5.91 Å². The van der Waals surface area contributed by atoms with Crippen LogP contribution in [0.3, 0.4) is 0 Å². The number of ketones is 1. The van der Waals surface area contributed by atoms with Crippen molar-refractivity contribution >= 4 is 28.7 Å². The second-order valence-electron chi connectivity index (χ2n) is 9.78. The molecule has 198 valence electrons. The highest BCUT2D eigenvalue weighted by molar-refractivity contribution is 6.02. The number of furan rings is 1. The Bertz CT molecular complexity index is 1430. The number of hydrogen-bond acceptors (Lipinski definition) is 7. The van der Waals surface area contributed by atoms with E-state index in [1.54, 1.807) is 24.7 Å². The average Bonchev–Trinajstić information content (AvgIpc) is 3.69. The summed E-state index contributed by atoms with van der Waals surface area (Å²) in [5.74, 6) is -3.01. The number of fused-ring (bicyclic) bond motifs is 1. The predicted octanol–water partition coefficient (Wildman–Crippen LogP) is 3.41. The van der Waals surface area contributed by atoms with Crippen molar-refractivity contribution < 1.29 is 23.9 Å². The highest BCUT2D eigenvalue weighted by Crippen LogP contribution is 2.36. The Morgan fingerprint density at radius 3 is 2.63 bits per heavy atom. The Balaban J connectivity index is 1.49. The number of imidazole rings is 2. The lowest BCUT2D eigenvalue weighted by Crippen LogP contribution is -2.50. The van der Waals surface area contributed by atoms with E-state index in [0.717, 1.165) is 42.6 Å². The van der Waals surface area contributed by atoms with Gasteiger partial charge in [0.15, 0.2) is 5.78 Å². The summed E-state index contributed by atoms with van der Waals surface area (Å²) in [6.07, 6.45) is 11.5. The van der Waals surface area contributed by atoms with Gasteiger partial charge >= 0.3 is 5.97 Å². The number of carbonyl (C=O) groups excluding carboxylic acids is 2. The molecule has 1 amide bonds. The minimum Gasteiger partial charge on any atom is -0.480 e. The molecule has 0 saturated heterocycles. The van der Waals surface area contributed by atoms with Gasteiger partial charge < -0.3 is 30.1 Å². The summed E-state index contributed by atoms with van der Waals surface area (Å²) >= 11 is 0. The molecule has 1 saturated carbocycles. The van der Waals surface area contributed by atoms with Crippen molar-refractivity contribution in [2.45, 2.75) is 63.1 Å². The number of nitrogens with one attached hydrogen (secondary N) is 2. The fraction of sp³-hybridized carbons (Fsp3) is 0.370. The van der Waals surface area contributed by atoms with Crippen LogP contribution in [-0.2, 0) is 9.59 Å². The van der Waals surface area contributed by atoms with Crippen molar-refractivity contribution in [3.63, 3.8) is 0 Å². The molecule has 1 aromatic carbocycles. The summed E-state index contributed by atoms with van der Waals surface area (Å²) in [6, 6.07) is 4.78. The van der Waals surface area contributed by atoms with Gasteiger partial charge in [-0.1, -0.05) is 19.3 Å². The SMILES string of the molecule is CC(N)C(=O)C(c1cnc[nH]1)C(NC(=O)c1ccc2c(c1)nc(-c1ccoc1)n2C1CCCCC1)C(=O)O. The first-order valence-electron chi connectivity index (χ1n) is 12.7. The minimum atomic E-state index is -1.56. The van der Waals surface area contributed by atoms with E-state index >= 15 is 0 Å². The van der Waals surface area contributed by atoms with Crippen molar-refractivity contribution in [1.29, 1.82) is 0 Å². The van der Waals surface area contributed by atoms with Gasteiger partial charge in [-0.2, -0.15) is 0 Å². The molecule has 0 aliphatic heterocycles. The number of nitrogens with two attached hydrogens (primary N) is 1. The number of Topliss-reactive ketones (excluding diaryl/α,β-unsaturated/α-hetero) is 1. The van der Waals surface area contributed by atoms with Gasteiger partial charge in [0, 0.05) is 23.5 Å². The number of carboxylic acid groups (broad SMARTS) is 1. The van der Waals surface area contributed by atoms with Crippen LogP contribution in [0.15, 0.2) is 53.7 Å². The van der Waals surface area contributed by atoms with Gasteiger partial charge in [-0.25, -0.2) is 14.8 Å². The Morgan fingerprint density at radius 2 is 2.00 bits per heavy atom. The normalized spacial score (nSPS) is 16.7. The largest absolute Gasteiger partial charge is 0.480 e. The standard InChI is InChI=1S/C27H30N6O5/c1-15(28)24(34)22(20-12-29-14-30-20)23(27(36)37)32-26(35)16-7-8-21-19(11-16)31-25(17-9-10-38-13-17)33(21)18-5-3-2-4-6-18/h7-15,18,22-23H,2-6,28H2,1H3,(H,29,30)(H,32,35)(H,36,37). The molecule has 3 atom stereocenters. The first kappa shape index (κ1) is 25.4. The molecule has 0 bridgehead atoms. The summed E-state index contributed by atoms with van der Waals surface area (Å²) < 4.78 is 7.53. The molecule has 1 fully saturated rings. The Morgan fingerprint density at radius 1 is 1.21 bits per heavy atom. The molecule has 0 radical (unpaired) electrons. The van der Waals surface area contributed by atoms with Gasteiger partial charge in [-0.15, -0.1) is 0 Å². The highest BCUT2D eigenvalue weighted by atomic mass is 16.4. The van der Waals surface area contributed by atoms with Gasteiger partial charge in [-0.3, -0.25) is 9.59 Å². The van der Waals surface area contributed by atoms with Crippen LogP contribution in [0.4, 0.5) is 0 Å². The van der Waals surface area contributed by atoms with E-state index in [4.69, 9.17) is 15.1 Å². The molecule has 1 aliphatic carbocycles. The van der Waals surface area contributed by atoms with E-state index < -0.39 is 35.7 Å². The number of aliphatic carboxylic acids is 1. The van der Waals surface area contributed by atoms with Gasteiger partial charge in [0.1, 0.15) is 18.1 Å². The molecule has 38 heavy (non-hydrogen) atoms. The van der Waals surface area contributed by atoms with E-state index in [9.17, 15) is 19.5 Å². The monoisotopic (exact) mass is 518 g/mol. The molecular weight excluding hydrogens is 488 g/mol. The van der Waals surface area contributed by atoms with Gasteiger partial charge in [0.2, 0.25) is 0 Å². The zero-order valence-electron chi connectivity index (χ0n) is 21.0. The number of hydrogen-bond donors (Lipinski definition) is 4. The van der Waals surface area contributed by atoms with Crippen LogP contribution in [-0.4, -0.2) is 54.4 Å². The number of benzene rings is 1. The molecule has 11 heteroatoms. The van der Waals surface area contributed by atoms with Crippen molar-refractivity contribution in [1.82, 2.24) is 24.8 Å². The number of rotatable bonds is 9. The number of aromatic nitrogens is 4. The summed E-state index contributed by atoms with van der Waals surface area (Å²) in [5.41, 5.74) is 8.63. The Kier molecular flexibility index (Phi) is 7.10. The molecular formula is C27H30N6O5. The molecule has 11 nitrogen and oxygen atoms in total. The second-order valence-corrected chi connectivity index (χ2v) is 9.78. The van der Waals surface area contributed by atoms with Crippen LogP contribution >= 0.6 is 0 Å². The summed E-state index contributed by atoms with van der Waals surface area (Å²) in [4.78, 5) is 49.9. The molecule has 3 aromatic heterocycles. The lowest BCUT2D eigenvalue weighted by molar-refractivity contribution is -0.142. The minimum absolute atomic E-state index is 0.229. The van der Waals surface area contributed by atoms with Crippen molar-refractivity contribution in [2.75, 3.05) is 0 Å². The third-order valence-electron chi connectivity index (χ3n) is 7.17. The molecule has 3 heterocycles. The topological polar surface area (TPSA) is 169 Å². The maximum atomic E-state index is 13.3. The summed E-state index contributed by atoms with van der Waals surface area (Å²) in [5, 5.41) is 12.5. The van der Waals surface area contributed by atoms with E-state index in [0.29, 0.717) is 5.52 Å². The quantitative estimate of drug-likeness (QED) is 0.261. The molecule has 3 unspecified atom stereocenters. The first-order chi connectivity index (χ1) is 18.3. The van der Waals surface area contributed by atoms with Crippen molar-refractivity contribution in [3.05, 3.63) is 60.6 Å². The molecule has 4 aromatic rings. The third kappa shape index (κ3) is 4.84.